The van der Waals surface area contributed by atoms with Crippen LogP contribution in [0.4, 0.5) is 5.95 Å². The molecule has 1 unspecified atom stereocenters. The highest BCUT2D eigenvalue weighted by atomic mass is 15.2. The molecular formula is C14H24N4. The van der Waals surface area contributed by atoms with Crippen LogP contribution in [0.5, 0.6) is 0 Å². The summed E-state index contributed by atoms with van der Waals surface area (Å²) in [4.78, 5) is 7.00. The van der Waals surface area contributed by atoms with E-state index in [1.54, 1.807) is 0 Å². The molecule has 0 spiro atoms. The van der Waals surface area contributed by atoms with Gasteiger partial charge >= 0.3 is 0 Å². The second kappa shape index (κ2) is 4.92. The van der Waals surface area contributed by atoms with Gasteiger partial charge in [0.25, 0.3) is 0 Å². The number of likely N-dealkylation sites (tertiary alicyclic amines) is 1. The van der Waals surface area contributed by atoms with Crippen LogP contribution in [0.1, 0.15) is 39.2 Å². The summed E-state index contributed by atoms with van der Waals surface area (Å²) in [6.45, 7) is 8.12. The summed E-state index contributed by atoms with van der Waals surface area (Å²) in [5, 5.41) is 3.54. The molecule has 1 aliphatic carbocycles. The van der Waals surface area contributed by atoms with Crippen LogP contribution >= 0.6 is 0 Å². The molecule has 18 heavy (non-hydrogen) atoms. The van der Waals surface area contributed by atoms with Crippen molar-refractivity contribution in [3.05, 3.63) is 12.4 Å². The highest BCUT2D eigenvalue weighted by Gasteiger charge is 2.27. The van der Waals surface area contributed by atoms with Crippen LogP contribution in [0.2, 0.25) is 0 Å². The zero-order valence-corrected chi connectivity index (χ0v) is 11.5. The molecule has 2 fully saturated rings. The lowest BCUT2D eigenvalue weighted by Gasteiger charge is -2.20. The van der Waals surface area contributed by atoms with E-state index in [-0.39, 0.29) is 0 Å². The van der Waals surface area contributed by atoms with E-state index < -0.39 is 0 Å². The molecule has 1 atom stereocenters. The van der Waals surface area contributed by atoms with Crippen molar-refractivity contribution in [1.82, 2.24) is 14.5 Å². The van der Waals surface area contributed by atoms with Crippen molar-refractivity contribution in [2.24, 2.45) is 5.92 Å². The Balaban J connectivity index is 1.51. The van der Waals surface area contributed by atoms with Crippen LogP contribution in [-0.2, 0) is 0 Å². The Morgan fingerprint density at radius 2 is 2.22 bits per heavy atom. The molecule has 4 heteroatoms. The molecule has 0 amide bonds. The average molecular weight is 248 g/mol. The van der Waals surface area contributed by atoms with Gasteiger partial charge in [0.15, 0.2) is 0 Å². The van der Waals surface area contributed by atoms with E-state index in [1.807, 2.05) is 6.20 Å². The first-order chi connectivity index (χ1) is 8.74. The van der Waals surface area contributed by atoms with Gasteiger partial charge in [0.1, 0.15) is 0 Å². The molecule has 0 bridgehead atoms. The fourth-order valence-electron chi connectivity index (χ4n) is 2.83. The van der Waals surface area contributed by atoms with Crippen molar-refractivity contribution < 1.29 is 0 Å². The second-order valence-electron chi connectivity index (χ2n) is 6.01. The summed E-state index contributed by atoms with van der Waals surface area (Å²) in [6.07, 6.45) is 7.96. The smallest absolute Gasteiger partial charge is 0.203 e. The molecule has 2 heterocycles. The Morgan fingerprint density at radius 3 is 2.89 bits per heavy atom. The van der Waals surface area contributed by atoms with Crippen molar-refractivity contribution in [1.29, 1.82) is 0 Å². The molecule has 4 nitrogen and oxygen atoms in total. The van der Waals surface area contributed by atoms with Gasteiger partial charge in [-0.3, -0.25) is 0 Å². The predicted octanol–water partition coefficient (Wildman–Crippen LogP) is 2.36. The normalized spacial score (nSPS) is 24.9. The zero-order valence-electron chi connectivity index (χ0n) is 11.5. The number of nitrogens with zero attached hydrogens (tertiary/aromatic N) is 3. The van der Waals surface area contributed by atoms with Gasteiger partial charge in [0.05, 0.1) is 0 Å². The lowest BCUT2D eigenvalue weighted by molar-refractivity contribution is 0.266. The third kappa shape index (κ3) is 2.53. The van der Waals surface area contributed by atoms with Gasteiger partial charge in [-0.15, -0.1) is 0 Å². The molecule has 1 N–H and O–H groups in total. The monoisotopic (exact) mass is 248 g/mol. The van der Waals surface area contributed by atoms with Crippen LogP contribution in [0.15, 0.2) is 12.4 Å². The molecule has 1 saturated carbocycles. The number of aromatic nitrogens is 2. The van der Waals surface area contributed by atoms with Crippen LogP contribution in [-0.4, -0.2) is 40.1 Å². The summed E-state index contributed by atoms with van der Waals surface area (Å²) in [5.41, 5.74) is 0. The van der Waals surface area contributed by atoms with E-state index in [0.717, 1.165) is 18.4 Å². The van der Waals surface area contributed by atoms with Crippen LogP contribution in [0.3, 0.4) is 0 Å². The molecular weight excluding hydrogens is 224 g/mol. The first kappa shape index (κ1) is 12.0. The number of nitrogens with one attached hydrogen (secondary N) is 1. The molecule has 3 rings (SSSR count). The SMILES string of the molecule is CC(C)N1CCC(CNc2nccn2C2CC2)C1. The first-order valence-corrected chi connectivity index (χ1v) is 7.25. The molecule has 100 valence electrons. The number of anilines is 1. The van der Waals surface area contributed by atoms with Gasteiger partial charge in [-0.05, 0) is 45.6 Å². The Labute approximate surface area is 109 Å². The van der Waals surface area contributed by atoms with Gasteiger partial charge < -0.3 is 14.8 Å². The third-order valence-electron chi connectivity index (χ3n) is 4.21. The van der Waals surface area contributed by atoms with Crippen LogP contribution < -0.4 is 5.32 Å². The molecule has 0 aromatic carbocycles. The number of hydrogen-bond acceptors (Lipinski definition) is 3. The Bertz CT molecular complexity index is 394. The number of hydrogen-bond donors (Lipinski definition) is 1. The van der Waals surface area contributed by atoms with E-state index in [0.29, 0.717) is 12.1 Å². The van der Waals surface area contributed by atoms with E-state index in [4.69, 9.17) is 0 Å². The molecule has 1 aromatic rings. The maximum absolute atomic E-state index is 4.43. The first-order valence-electron chi connectivity index (χ1n) is 7.25. The summed E-state index contributed by atoms with van der Waals surface area (Å²) >= 11 is 0. The summed E-state index contributed by atoms with van der Waals surface area (Å²) in [5.74, 6) is 1.84. The topological polar surface area (TPSA) is 33.1 Å². The Morgan fingerprint density at radius 1 is 1.39 bits per heavy atom. The maximum Gasteiger partial charge on any atom is 0.203 e. The van der Waals surface area contributed by atoms with Crippen molar-refractivity contribution in [2.75, 3.05) is 25.0 Å². The lowest BCUT2D eigenvalue weighted by Crippen LogP contribution is -2.29. The predicted molar refractivity (Wildman–Crippen MR) is 73.8 cm³/mol. The van der Waals surface area contributed by atoms with Gasteiger partial charge in [-0.2, -0.15) is 0 Å². The van der Waals surface area contributed by atoms with Crippen molar-refractivity contribution in [3.8, 4) is 0 Å². The molecule has 1 saturated heterocycles. The van der Waals surface area contributed by atoms with Gasteiger partial charge in [-0.25, -0.2) is 4.98 Å². The lowest BCUT2D eigenvalue weighted by atomic mass is 10.1. The van der Waals surface area contributed by atoms with E-state index in [1.165, 1.54) is 32.4 Å². The van der Waals surface area contributed by atoms with Crippen LogP contribution in [0.25, 0.3) is 0 Å². The minimum Gasteiger partial charge on any atom is -0.355 e. The van der Waals surface area contributed by atoms with Gasteiger partial charge in [-0.1, -0.05) is 0 Å². The summed E-state index contributed by atoms with van der Waals surface area (Å²) in [7, 11) is 0. The second-order valence-corrected chi connectivity index (χ2v) is 6.01. The summed E-state index contributed by atoms with van der Waals surface area (Å²) in [6, 6.07) is 1.40. The fourth-order valence-corrected chi connectivity index (χ4v) is 2.83. The van der Waals surface area contributed by atoms with E-state index >= 15 is 0 Å². The standard InChI is InChI=1S/C14H24N4/c1-11(2)17-7-5-12(10-17)9-16-14-15-6-8-18(14)13-3-4-13/h6,8,11-13H,3-5,7,9-10H2,1-2H3,(H,15,16). The highest BCUT2D eigenvalue weighted by Crippen LogP contribution is 2.36. The van der Waals surface area contributed by atoms with Crippen molar-refractivity contribution >= 4 is 5.95 Å². The van der Waals surface area contributed by atoms with E-state index in [2.05, 4.69) is 39.8 Å². The molecule has 2 aliphatic rings. The minimum atomic E-state index is 0.684. The van der Waals surface area contributed by atoms with Crippen LogP contribution in [0, 0.1) is 5.92 Å². The minimum absolute atomic E-state index is 0.684. The Kier molecular flexibility index (Phi) is 3.29. The molecule has 1 aromatic heterocycles. The number of imidazole rings is 1. The van der Waals surface area contributed by atoms with Crippen molar-refractivity contribution in [2.45, 2.75) is 45.2 Å². The molecule has 1 aliphatic heterocycles. The highest BCUT2D eigenvalue weighted by molar-refractivity contribution is 5.27. The third-order valence-corrected chi connectivity index (χ3v) is 4.21. The quantitative estimate of drug-likeness (QED) is 0.868. The van der Waals surface area contributed by atoms with Gasteiger partial charge in [0, 0.05) is 37.6 Å². The largest absolute Gasteiger partial charge is 0.355 e. The number of rotatable bonds is 5. The molecule has 0 radical (unpaired) electrons. The van der Waals surface area contributed by atoms with Gasteiger partial charge in [0.2, 0.25) is 5.95 Å². The maximum atomic E-state index is 4.43. The zero-order chi connectivity index (χ0) is 12.5. The Hall–Kier alpha value is -1.03. The average Bonchev–Trinajstić information content (AvgIpc) is 2.92. The summed E-state index contributed by atoms with van der Waals surface area (Å²) < 4.78 is 2.30. The fraction of sp³-hybridized carbons (Fsp3) is 0.786. The van der Waals surface area contributed by atoms with E-state index in [9.17, 15) is 0 Å². The van der Waals surface area contributed by atoms with Crippen molar-refractivity contribution in [3.63, 3.8) is 0 Å².